The van der Waals surface area contributed by atoms with E-state index in [0.717, 1.165) is 18.7 Å². The van der Waals surface area contributed by atoms with Crippen molar-refractivity contribution in [3.8, 4) is 0 Å². The minimum atomic E-state index is -0.157. The van der Waals surface area contributed by atoms with Crippen LogP contribution in [-0.4, -0.2) is 6.54 Å². The van der Waals surface area contributed by atoms with E-state index in [2.05, 4.69) is 26.1 Å². The molecule has 15 heavy (non-hydrogen) atoms. The fourth-order valence-electron chi connectivity index (χ4n) is 2.07. The van der Waals surface area contributed by atoms with Crippen molar-refractivity contribution in [2.45, 2.75) is 27.2 Å². The van der Waals surface area contributed by atoms with Crippen molar-refractivity contribution in [2.24, 2.45) is 11.3 Å². The molecule has 2 rings (SSSR count). The molecule has 1 aliphatic rings. The van der Waals surface area contributed by atoms with E-state index in [1.54, 1.807) is 12.1 Å². The Bertz CT molecular complexity index is 365. The highest BCUT2D eigenvalue weighted by Gasteiger charge is 2.28. The van der Waals surface area contributed by atoms with Crippen LogP contribution in [-0.2, 0) is 6.42 Å². The number of rotatable bonds is 0. The van der Waals surface area contributed by atoms with Crippen LogP contribution >= 0.6 is 0 Å². The van der Waals surface area contributed by atoms with Gasteiger partial charge in [0.05, 0.1) is 0 Å². The van der Waals surface area contributed by atoms with Crippen LogP contribution < -0.4 is 5.32 Å². The van der Waals surface area contributed by atoms with E-state index in [4.69, 9.17) is 0 Å². The maximum absolute atomic E-state index is 13.0. The molecule has 1 aliphatic heterocycles. The summed E-state index contributed by atoms with van der Waals surface area (Å²) in [5.41, 5.74) is 2.51. The molecule has 0 saturated carbocycles. The Morgan fingerprint density at radius 3 is 2.73 bits per heavy atom. The molecule has 0 spiro atoms. The molecule has 0 bridgehead atoms. The van der Waals surface area contributed by atoms with Gasteiger partial charge in [-0.25, -0.2) is 4.39 Å². The Morgan fingerprint density at radius 2 is 2.07 bits per heavy atom. The predicted molar refractivity (Wildman–Crippen MR) is 61.5 cm³/mol. The smallest absolute Gasteiger partial charge is 0.125 e. The van der Waals surface area contributed by atoms with Gasteiger partial charge >= 0.3 is 0 Å². The van der Waals surface area contributed by atoms with E-state index >= 15 is 0 Å². The van der Waals surface area contributed by atoms with E-state index in [1.807, 2.05) is 6.07 Å². The van der Waals surface area contributed by atoms with Crippen molar-refractivity contribution in [1.82, 2.24) is 0 Å². The van der Waals surface area contributed by atoms with Crippen molar-refractivity contribution in [1.29, 1.82) is 0 Å². The van der Waals surface area contributed by atoms with Gasteiger partial charge < -0.3 is 5.32 Å². The number of fused-ring (bicyclic) bond motifs is 1. The van der Waals surface area contributed by atoms with Gasteiger partial charge in [-0.05, 0) is 35.4 Å². The third kappa shape index (κ3) is 2.14. The molecule has 0 fully saturated rings. The van der Waals surface area contributed by atoms with Gasteiger partial charge in [0.2, 0.25) is 0 Å². The summed E-state index contributed by atoms with van der Waals surface area (Å²) in [5.74, 6) is 0.464. The fraction of sp³-hybridized carbons (Fsp3) is 0.538. The number of hydrogen-bond donors (Lipinski definition) is 1. The third-order valence-electron chi connectivity index (χ3n) is 3.30. The summed E-state index contributed by atoms with van der Waals surface area (Å²) in [4.78, 5) is 0. The largest absolute Gasteiger partial charge is 0.384 e. The molecular weight excluding hydrogens is 189 g/mol. The molecule has 1 heterocycles. The Morgan fingerprint density at radius 1 is 1.33 bits per heavy atom. The lowest BCUT2D eigenvalue weighted by Gasteiger charge is -2.35. The molecule has 1 nitrogen and oxygen atoms in total. The average Bonchev–Trinajstić information content (AvgIpc) is 2.15. The maximum atomic E-state index is 13.0. The van der Waals surface area contributed by atoms with Crippen LogP contribution in [0.4, 0.5) is 10.1 Å². The summed E-state index contributed by atoms with van der Waals surface area (Å²) in [6, 6.07) is 5.04. The van der Waals surface area contributed by atoms with Crippen LogP contribution in [0.5, 0.6) is 0 Å². The quantitative estimate of drug-likeness (QED) is 0.687. The van der Waals surface area contributed by atoms with Gasteiger partial charge in [0, 0.05) is 12.2 Å². The third-order valence-corrected chi connectivity index (χ3v) is 3.30. The first-order valence-corrected chi connectivity index (χ1v) is 5.49. The fourth-order valence-corrected chi connectivity index (χ4v) is 2.07. The standard InChI is InChI=1S/C13H18FN/c1-13(2,3)10-6-9-4-5-11(14)7-12(9)15-8-10/h4-5,7,10,15H,6,8H2,1-3H3. The number of nitrogens with one attached hydrogen (secondary N) is 1. The van der Waals surface area contributed by atoms with Crippen LogP contribution in [0.3, 0.4) is 0 Å². The molecule has 1 atom stereocenters. The van der Waals surface area contributed by atoms with Gasteiger partial charge in [-0.15, -0.1) is 0 Å². The molecule has 2 heteroatoms. The molecule has 1 aromatic carbocycles. The van der Waals surface area contributed by atoms with Crippen LogP contribution in [0, 0.1) is 17.2 Å². The van der Waals surface area contributed by atoms with Crippen LogP contribution in [0.25, 0.3) is 0 Å². The Hall–Kier alpha value is -1.05. The second-order valence-electron chi connectivity index (χ2n) is 5.45. The van der Waals surface area contributed by atoms with E-state index in [9.17, 15) is 4.39 Å². The molecule has 0 saturated heterocycles. The topological polar surface area (TPSA) is 12.0 Å². The van der Waals surface area contributed by atoms with Crippen molar-refractivity contribution < 1.29 is 4.39 Å². The van der Waals surface area contributed by atoms with Crippen molar-refractivity contribution in [3.63, 3.8) is 0 Å². The van der Waals surface area contributed by atoms with Crippen LogP contribution in [0.1, 0.15) is 26.3 Å². The molecule has 1 N–H and O–H groups in total. The molecular formula is C13H18FN. The zero-order chi connectivity index (χ0) is 11.1. The summed E-state index contributed by atoms with van der Waals surface area (Å²) in [6.07, 6.45) is 1.05. The highest BCUT2D eigenvalue weighted by molar-refractivity contribution is 5.53. The first kappa shape index (κ1) is 10.5. The highest BCUT2D eigenvalue weighted by Crippen LogP contribution is 2.34. The average molecular weight is 207 g/mol. The number of hydrogen-bond acceptors (Lipinski definition) is 1. The predicted octanol–water partition coefficient (Wildman–Crippen LogP) is 3.46. The Labute approximate surface area is 90.7 Å². The molecule has 1 unspecified atom stereocenters. The van der Waals surface area contributed by atoms with Crippen molar-refractivity contribution in [3.05, 3.63) is 29.6 Å². The molecule has 1 aromatic rings. The maximum Gasteiger partial charge on any atom is 0.125 e. The van der Waals surface area contributed by atoms with Gasteiger partial charge in [-0.2, -0.15) is 0 Å². The Kier molecular flexibility index (Phi) is 2.45. The minimum Gasteiger partial charge on any atom is -0.384 e. The zero-order valence-electron chi connectivity index (χ0n) is 9.60. The lowest BCUT2D eigenvalue weighted by molar-refractivity contribution is 0.247. The highest BCUT2D eigenvalue weighted by atomic mass is 19.1. The number of benzene rings is 1. The second-order valence-corrected chi connectivity index (χ2v) is 5.45. The van der Waals surface area contributed by atoms with Gasteiger partial charge in [0.25, 0.3) is 0 Å². The van der Waals surface area contributed by atoms with Gasteiger partial charge in [-0.3, -0.25) is 0 Å². The lowest BCUT2D eigenvalue weighted by Crippen LogP contribution is -2.33. The zero-order valence-corrected chi connectivity index (χ0v) is 9.60. The van der Waals surface area contributed by atoms with Crippen molar-refractivity contribution >= 4 is 5.69 Å². The molecule has 0 amide bonds. The summed E-state index contributed by atoms with van der Waals surface area (Å²) >= 11 is 0. The first-order valence-electron chi connectivity index (χ1n) is 5.49. The van der Waals surface area contributed by atoms with E-state index in [1.165, 1.54) is 5.56 Å². The monoisotopic (exact) mass is 207 g/mol. The van der Waals surface area contributed by atoms with E-state index in [0.29, 0.717) is 11.3 Å². The Balaban J connectivity index is 2.24. The normalized spacial score (nSPS) is 20.7. The van der Waals surface area contributed by atoms with Gasteiger partial charge in [0.15, 0.2) is 0 Å². The number of halogens is 1. The van der Waals surface area contributed by atoms with Gasteiger partial charge in [0.1, 0.15) is 5.82 Å². The first-order chi connectivity index (χ1) is 6.97. The van der Waals surface area contributed by atoms with E-state index < -0.39 is 0 Å². The number of anilines is 1. The molecule has 0 aliphatic carbocycles. The molecule has 0 aromatic heterocycles. The van der Waals surface area contributed by atoms with E-state index in [-0.39, 0.29) is 5.82 Å². The summed E-state index contributed by atoms with van der Waals surface area (Å²) in [5, 5.41) is 3.32. The second kappa shape index (κ2) is 3.51. The molecule has 82 valence electrons. The van der Waals surface area contributed by atoms with Gasteiger partial charge in [-0.1, -0.05) is 26.8 Å². The summed E-state index contributed by atoms with van der Waals surface area (Å²) < 4.78 is 13.0. The lowest BCUT2D eigenvalue weighted by atomic mass is 9.75. The van der Waals surface area contributed by atoms with Crippen molar-refractivity contribution in [2.75, 3.05) is 11.9 Å². The molecule has 0 radical (unpaired) electrons. The summed E-state index contributed by atoms with van der Waals surface area (Å²) in [6.45, 7) is 7.72. The summed E-state index contributed by atoms with van der Waals surface area (Å²) in [7, 11) is 0. The SMILES string of the molecule is CC(C)(C)C1CNc2cc(F)ccc2C1. The minimum absolute atomic E-state index is 0.157. The van der Waals surface area contributed by atoms with Crippen LogP contribution in [0.15, 0.2) is 18.2 Å². The van der Waals surface area contributed by atoms with Crippen LogP contribution in [0.2, 0.25) is 0 Å².